The van der Waals surface area contributed by atoms with Crippen molar-refractivity contribution in [3.63, 3.8) is 0 Å². The maximum Gasteiger partial charge on any atom is 0.257 e. The molecule has 0 aliphatic carbocycles. The molecule has 7 nitrogen and oxygen atoms in total. The number of hydrogen-bond donors (Lipinski definition) is 2. The first kappa shape index (κ1) is 13.2. The van der Waals surface area contributed by atoms with Crippen LogP contribution in [0.15, 0.2) is 18.5 Å². The van der Waals surface area contributed by atoms with Gasteiger partial charge in [-0.2, -0.15) is 31.8 Å². The zero-order valence-corrected chi connectivity index (χ0v) is 12.1. The average molecular weight is 291 g/mol. The summed E-state index contributed by atoms with van der Waals surface area (Å²) in [4.78, 5) is 13.0. The first-order chi connectivity index (χ1) is 9.85. The van der Waals surface area contributed by atoms with Crippen LogP contribution < -0.4 is 10.6 Å². The third kappa shape index (κ3) is 3.01. The first-order valence-corrected chi connectivity index (χ1v) is 7.69. The molecule has 2 N–H and O–H groups in total. The SMILES string of the molecule is CNc1nc(NCC2CCCS2)nc(-n2cccn2)n1. The van der Waals surface area contributed by atoms with Crippen molar-refractivity contribution in [3.8, 4) is 5.95 Å². The van der Waals surface area contributed by atoms with E-state index in [1.807, 2.05) is 24.0 Å². The minimum atomic E-state index is 0.510. The Hall–Kier alpha value is -1.83. The molecule has 0 spiro atoms. The molecule has 0 saturated carbocycles. The van der Waals surface area contributed by atoms with Gasteiger partial charge in [0.05, 0.1) is 0 Å². The molecule has 3 rings (SSSR count). The molecule has 8 heteroatoms. The summed E-state index contributed by atoms with van der Waals surface area (Å²) >= 11 is 2.01. The lowest BCUT2D eigenvalue weighted by molar-refractivity contribution is 0.781. The van der Waals surface area contributed by atoms with Crippen molar-refractivity contribution < 1.29 is 0 Å². The zero-order valence-electron chi connectivity index (χ0n) is 11.3. The van der Waals surface area contributed by atoms with Gasteiger partial charge in [0.15, 0.2) is 0 Å². The van der Waals surface area contributed by atoms with Crippen LogP contribution in [0.2, 0.25) is 0 Å². The van der Waals surface area contributed by atoms with Crippen LogP contribution >= 0.6 is 11.8 Å². The number of anilines is 2. The number of rotatable bonds is 5. The third-order valence-corrected chi connectivity index (χ3v) is 4.47. The van der Waals surface area contributed by atoms with E-state index in [9.17, 15) is 0 Å². The van der Waals surface area contributed by atoms with Crippen molar-refractivity contribution in [2.24, 2.45) is 0 Å². The molecule has 1 atom stereocenters. The second-order valence-electron chi connectivity index (χ2n) is 4.50. The highest BCUT2D eigenvalue weighted by atomic mass is 32.2. The molecule has 3 heterocycles. The van der Waals surface area contributed by atoms with Gasteiger partial charge in [0, 0.05) is 31.2 Å². The van der Waals surface area contributed by atoms with E-state index in [1.54, 1.807) is 17.9 Å². The van der Waals surface area contributed by atoms with Gasteiger partial charge in [0.1, 0.15) is 0 Å². The van der Waals surface area contributed by atoms with Gasteiger partial charge in [-0.1, -0.05) is 0 Å². The van der Waals surface area contributed by atoms with Gasteiger partial charge < -0.3 is 10.6 Å². The molecule has 0 bridgehead atoms. The molecule has 1 fully saturated rings. The molecule has 1 aliphatic heterocycles. The second-order valence-corrected chi connectivity index (χ2v) is 5.91. The molecule has 2 aromatic heterocycles. The number of nitrogens with one attached hydrogen (secondary N) is 2. The average Bonchev–Trinajstić information content (AvgIpc) is 3.17. The van der Waals surface area contributed by atoms with Gasteiger partial charge in [-0.15, -0.1) is 0 Å². The van der Waals surface area contributed by atoms with E-state index >= 15 is 0 Å². The van der Waals surface area contributed by atoms with E-state index in [4.69, 9.17) is 0 Å². The predicted octanol–water partition coefficient (Wildman–Crippen LogP) is 1.41. The monoisotopic (exact) mass is 291 g/mol. The largest absolute Gasteiger partial charge is 0.357 e. The molecule has 0 amide bonds. The minimum Gasteiger partial charge on any atom is -0.357 e. The highest BCUT2D eigenvalue weighted by Gasteiger charge is 2.16. The third-order valence-electron chi connectivity index (χ3n) is 3.07. The van der Waals surface area contributed by atoms with Gasteiger partial charge in [0.2, 0.25) is 11.9 Å². The molecule has 1 aliphatic rings. The van der Waals surface area contributed by atoms with Gasteiger partial charge in [-0.3, -0.25) is 0 Å². The summed E-state index contributed by atoms with van der Waals surface area (Å²) in [6.07, 6.45) is 6.07. The van der Waals surface area contributed by atoms with Crippen molar-refractivity contribution in [3.05, 3.63) is 18.5 Å². The van der Waals surface area contributed by atoms with Crippen LogP contribution in [0, 0.1) is 0 Å². The second kappa shape index (κ2) is 6.08. The molecule has 0 aromatic carbocycles. The normalized spacial score (nSPS) is 18.1. The Labute approximate surface area is 121 Å². The van der Waals surface area contributed by atoms with Crippen LogP contribution in [0.1, 0.15) is 12.8 Å². The number of aromatic nitrogens is 5. The standard InChI is InChI=1S/C12H17N7S/c1-13-10-16-11(14-8-9-4-2-7-20-9)18-12(17-10)19-6-3-5-15-19/h3,5-6,9H,2,4,7-8H2,1H3,(H2,13,14,16,17,18). The molecule has 1 saturated heterocycles. The van der Waals surface area contributed by atoms with E-state index in [0.717, 1.165) is 6.54 Å². The Morgan fingerprint density at radius 3 is 2.95 bits per heavy atom. The van der Waals surface area contributed by atoms with Crippen LogP contribution in [-0.2, 0) is 0 Å². The highest BCUT2D eigenvalue weighted by Crippen LogP contribution is 2.26. The molecule has 2 aromatic rings. The summed E-state index contributed by atoms with van der Waals surface area (Å²) in [7, 11) is 1.79. The Bertz CT molecular complexity index is 551. The van der Waals surface area contributed by atoms with Crippen LogP contribution in [0.4, 0.5) is 11.9 Å². The van der Waals surface area contributed by atoms with Crippen molar-refractivity contribution in [1.82, 2.24) is 24.7 Å². The summed E-state index contributed by atoms with van der Waals surface area (Å²) < 4.78 is 1.62. The van der Waals surface area contributed by atoms with Crippen molar-refractivity contribution in [1.29, 1.82) is 0 Å². The highest BCUT2D eigenvalue weighted by molar-refractivity contribution is 8.00. The summed E-state index contributed by atoms with van der Waals surface area (Å²) in [6, 6.07) is 1.84. The van der Waals surface area contributed by atoms with E-state index < -0.39 is 0 Å². The lowest BCUT2D eigenvalue weighted by Gasteiger charge is -2.11. The van der Waals surface area contributed by atoms with Gasteiger partial charge in [-0.05, 0) is 24.7 Å². The quantitative estimate of drug-likeness (QED) is 0.862. The Morgan fingerprint density at radius 2 is 2.25 bits per heavy atom. The van der Waals surface area contributed by atoms with E-state index in [1.165, 1.54) is 18.6 Å². The topological polar surface area (TPSA) is 80.5 Å². The molecular formula is C12H17N7S. The zero-order chi connectivity index (χ0) is 13.8. The van der Waals surface area contributed by atoms with Crippen LogP contribution in [0.3, 0.4) is 0 Å². The lowest BCUT2D eigenvalue weighted by Crippen LogP contribution is -2.17. The summed E-state index contributed by atoms with van der Waals surface area (Å²) in [6.45, 7) is 0.885. The maximum absolute atomic E-state index is 4.40. The number of hydrogen-bond acceptors (Lipinski definition) is 7. The molecular weight excluding hydrogens is 274 g/mol. The fourth-order valence-electron chi connectivity index (χ4n) is 2.06. The first-order valence-electron chi connectivity index (χ1n) is 6.64. The summed E-state index contributed by atoms with van der Waals surface area (Å²) in [5.74, 6) is 2.88. The molecule has 20 heavy (non-hydrogen) atoms. The molecule has 0 radical (unpaired) electrons. The number of thioether (sulfide) groups is 1. The Kier molecular flexibility index (Phi) is 4.00. The smallest absolute Gasteiger partial charge is 0.257 e. The minimum absolute atomic E-state index is 0.510. The van der Waals surface area contributed by atoms with Crippen molar-refractivity contribution in [2.45, 2.75) is 18.1 Å². The van der Waals surface area contributed by atoms with Crippen LogP contribution in [0.25, 0.3) is 5.95 Å². The summed E-state index contributed by atoms with van der Waals surface area (Å²) in [5, 5.41) is 11.0. The van der Waals surface area contributed by atoms with Crippen molar-refractivity contribution in [2.75, 3.05) is 30.0 Å². The van der Waals surface area contributed by atoms with Crippen LogP contribution in [-0.4, -0.2) is 49.3 Å². The van der Waals surface area contributed by atoms with Crippen LogP contribution in [0.5, 0.6) is 0 Å². The maximum atomic E-state index is 4.40. The molecule has 106 valence electrons. The number of nitrogens with zero attached hydrogens (tertiary/aromatic N) is 5. The Balaban J connectivity index is 1.77. The van der Waals surface area contributed by atoms with E-state index in [2.05, 4.69) is 30.7 Å². The van der Waals surface area contributed by atoms with Gasteiger partial charge in [0.25, 0.3) is 5.95 Å². The van der Waals surface area contributed by atoms with Crippen molar-refractivity contribution >= 4 is 23.7 Å². The fourth-order valence-corrected chi connectivity index (χ4v) is 3.26. The predicted molar refractivity (Wildman–Crippen MR) is 80.5 cm³/mol. The Morgan fingerprint density at radius 1 is 1.35 bits per heavy atom. The molecule has 1 unspecified atom stereocenters. The fraction of sp³-hybridized carbons (Fsp3) is 0.500. The summed E-state index contributed by atoms with van der Waals surface area (Å²) in [5.41, 5.74) is 0. The van der Waals surface area contributed by atoms with E-state index in [0.29, 0.717) is 23.1 Å². The van der Waals surface area contributed by atoms with E-state index in [-0.39, 0.29) is 0 Å². The van der Waals surface area contributed by atoms with Gasteiger partial charge >= 0.3 is 0 Å². The van der Waals surface area contributed by atoms with Gasteiger partial charge in [-0.25, -0.2) is 4.68 Å². The lowest BCUT2D eigenvalue weighted by atomic mass is 10.2.